The van der Waals surface area contributed by atoms with Gasteiger partial charge in [0.25, 0.3) is 0 Å². The highest BCUT2D eigenvalue weighted by molar-refractivity contribution is 7.99. The number of anilines is 1. The summed E-state index contributed by atoms with van der Waals surface area (Å²) < 4.78 is 5.21. The molecule has 102 valence electrons. The Balaban J connectivity index is 1.84. The maximum Gasteiger partial charge on any atom is 0.245 e. The van der Waals surface area contributed by atoms with Gasteiger partial charge < -0.3 is 9.84 Å². The molecule has 0 amide bonds. The van der Waals surface area contributed by atoms with E-state index in [-0.39, 0.29) is 0 Å². The van der Waals surface area contributed by atoms with Crippen LogP contribution in [0.4, 0.5) is 5.69 Å². The van der Waals surface area contributed by atoms with Crippen molar-refractivity contribution in [2.45, 2.75) is 38.3 Å². The monoisotopic (exact) mass is 277 g/mol. The molecule has 2 rings (SSSR count). The van der Waals surface area contributed by atoms with Gasteiger partial charge in [0.15, 0.2) is 5.82 Å². The van der Waals surface area contributed by atoms with E-state index in [0.717, 1.165) is 17.3 Å². The lowest BCUT2D eigenvalue weighted by molar-refractivity contribution is 0.379. The first kappa shape index (κ1) is 13.9. The van der Waals surface area contributed by atoms with Crippen LogP contribution in [0.5, 0.6) is 0 Å². The number of hydrogen-bond donors (Lipinski definition) is 1. The van der Waals surface area contributed by atoms with Crippen molar-refractivity contribution in [1.82, 2.24) is 10.1 Å². The van der Waals surface area contributed by atoms with Gasteiger partial charge in [-0.25, -0.2) is 0 Å². The summed E-state index contributed by atoms with van der Waals surface area (Å²) in [6, 6.07) is 8.23. The largest absolute Gasteiger partial charge is 0.376 e. The molecule has 19 heavy (non-hydrogen) atoms. The molecule has 0 atom stereocenters. The lowest BCUT2D eigenvalue weighted by Gasteiger charge is -2.03. The number of nitrogens with zero attached hydrogens (tertiary/aromatic N) is 2. The average Bonchev–Trinajstić information content (AvgIpc) is 2.84. The number of thioether (sulfide) groups is 1. The molecule has 0 fully saturated rings. The van der Waals surface area contributed by atoms with Gasteiger partial charge >= 0.3 is 0 Å². The summed E-state index contributed by atoms with van der Waals surface area (Å²) in [4.78, 5) is 4.35. The molecule has 0 aliphatic carbocycles. The Morgan fingerprint density at radius 2 is 2.00 bits per heavy atom. The van der Waals surface area contributed by atoms with Gasteiger partial charge in [0.05, 0.1) is 12.3 Å². The van der Waals surface area contributed by atoms with Crippen LogP contribution in [0.15, 0.2) is 28.8 Å². The van der Waals surface area contributed by atoms with Crippen LogP contribution in [-0.2, 0) is 12.3 Å². The number of nitrogens with one attached hydrogen (secondary N) is 1. The van der Waals surface area contributed by atoms with Gasteiger partial charge in [0.1, 0.15) is 0 Å². The predicted octanol–water partition coefficient (Wildman–Crippen LogP) is 3.63. The minimum absolute atomic E-state index is 0.558. The van der Waals surface area contributed by atoms with Gasteiger partial charge in [-0.3, -0.25) is 0 Å². The maximum atomic E-state index is 5.21. The molecule has 0 spiro atoms. The van der Waals surface area contributed by atoms with E-state index >= 15 is 0 Å². The molecule has 1 aromatic carbocycles. The van der Waals surface area contributed by atoms with E-state index in [1.54, 1.807) is 0 Å². The lowest BCUT2D eigenvalue weighted by atomic mass is 10.2. The Hall–Kier alpha value is -1.49. The highest BCUT2D eigenvalue weighted by atomic mass is 32.2. The van der Waals surface area contributed by atoms with Crippen molar-refractivity contribution in [3.63, 3.8) is 0 Å². The molecule has 0 unspecified atom stereocenters. The number of hydrogen-bond acceptors (Lipinski definition) is 5. The van der Waals surface area contributed by atoms with Crippen molar-refractivity contribution in [2.75, 3.05) is 5.32 Å². The molecule has 0 saturated carbocycles. The molecule has 4 nitrogen and oxygen atoms in total. The van der Waals surface area contributed by atoms with E-state index in [4.69, 9.17) is 4.52 Å². The maximum absolute atomic E-state index is 5.21. The van der Waals surface area contributed by atoms with Crippen LogP contribution in [0, 0.1) is 6.92 Å². The Morgan fingerprint density at radius 3 is 2.68 bits per heavy atom. The molecule has 0 aliphatic rings. The number of aryl methyl sites for hydroxylation is 1. The fraction of sp³-hybridized carbons (Fsp3) is 0.429. The van der Waals surface area contributed by atoms with E-state index in [2.05, 4.69) is 48.4 Å². The molecule has 0 radical (unpaired) electrons. The number of aromatic nitrogens is 2. The Kier molecular flexibility index (Phi) is 4.85. The van der Waals surface area contributed by atoms with Crippen LogP contribution in [0.1, 0.15) is 31.1 Å². The zero-order chi connectivity index (χ0) is 13.7. The number of benzene rings is 1. The minimum Gasteiger partial charge on any atom is -0.376 e. The average molecular weight is 277 g/mol. The SMILES string of the molecule is Cc1ccc(NCc2nc(CSC(C)C)no2)cc1. The van der Waals surface area contributed by atoms with Crippen LogP contribution in [-0.4, -0.2) is 15.4 Å². The zero-order valence-corrected chi connectivity index (χ0v) is 12.3. The van der Waals surface area contributed by atoms with Crippen LogP contribution in [0.2, 0.25) is 0 Å². The summed E-state index contributed by atoms with van der Waals surface area (Å²) in [5, 5.41) is 7.81. The van der Waals surface area contributed by atoms with E-state index < -0.39 is 0 Å². The van der Waals surface area contributed by atoms with Gasteiger partial charge in [0.2, 0.25) is 5.89 Å². The quantitative estimate of drug-likeness (QED) is 0.873. The topological polar surface area (TPSA) is 51.0 Å². The van der Waals surface area contributed by atoms with Gasteiger partial charge in [0, 0.05) is 5.69 Å². The van der Waals surface area contributed by atoms with Crippen LogP contribution >= 0.6 is 11.8 Å². The van der Waals surface area contributed by atoms with Crippen LogP contribution in [0.25, 0.3) is 0 Å². The summed E-state index contributed by atoms with van der Waals surface area (Å²) in [6.07, 6.45) is 0. The normalized spacial score (nSPS) is 10.9. The third-order valence-electron chi connectivity index (χ3n) is 2.55. The van der Waals surface area contributed by atoms with E-state index in [1.165, 1.54) is 5.56 Å². The van der Waals surface area contributed by atoms with Gasteiger partial charge in [-0.15, -0.1) is 0 Å². The first-order chi connectivity index (χ1) is 9.13. The molecular formula is C14H19N3OS. The van der Waals surface area contributed by atoms with Gasteiger partial charge in [-0.2, -0.15) is 16.7 Å². The molecule has 0 aliphatic heterocycles. The molecular weight excluding hydrogens is 258 g/mol. The highest BCUT2D eigenvalue weighted by Crippen LogP contribution is 2.15. The Labute approximate surface area is 118 Å². The summed E-state index contributed by atoms with van der Waals surface area (Å²) >= 11 is 1.81. The van der Waals surface area contributed by atoms with Crippen molar-refractivity contribution in [2.24, 2.45) is 0 Å². The molecule has 0 saturated heterocycles. The smallest absolute Gasteiger partial charge is 0.245 e. The Morgan fingerprint density at radius 1 is 1.26 bits per heavy atom. The third-order valence-corrected chi connectivity index (χ3v) is 3.64. The number of rotatable bonds is 6. The molecule has 1 heterocycles. The van der Waals surface area contributed by atoms with Crippen molar-refractivity contribution in [3.8, 4) is 0 Å². The second kappa shape index (κ2) is 6.61. The third kappa shape index (κ3) is 4.59. The van der Waals surface area contributed by atoms with Crippen LogP contribution in [0.3, 0.4) is 0 Å². The fourth-order valence-electron chi connectivity index (χ4n) is 1.51. The second-order valence-electron chi connectivity index (χ2n) is 4.68. The van der Waals surface area contributed by atoms with E-state index in [1.807, 2.05) is 23.9 Å². The van der Waals surface area contributed by atoms with Gasteiger partial charge in [-0.05, 0) is 24.3 Å². The van der Waals surface area contributed by atoms with Crippen molar-refractivity contribution < 1.29 is 4.52 Å². The van der Waals surface area contributed by atoms with Crippen molar-refractivity contribution in [3.05, 3.63) is 41.5 Å². The van der Waals surface area contributed by atoms with Crippen molar-refractivity contribution >= 4 is 17.4 Å². The molecule has 5 heteroatoms. The standard InChI is InChI=1S/C14H19N3OS/c1-10(2)19-9-13-16-14(18-17-13)8-15-12-6-4-11(3)5-7-12/h4-7,10,15H,8-9H2,1-3H3. The van der Waals surface area contributed by atoms with Gasteiger partial charge in [-0.1, -0.05) is 36.7 Å². The Bertz CT molecular complexity index is 508. The second-order valence-corrected chi connectivity index (χ2v) is 6.25. The van der Waals surface area contributed by atoms with E-state index in [0.29, 0.717) is 17.7 Å². The van der Waals surface area contributed by atoms with Crippen LogP contribution < -0.4 is 5.32 Å². The minimum atomic E-state index is 0.558. The first-order valence-corrected chi connectivity index (χ1v) is 7.42. The molecule has 1 N–H and O–H groups in total. The summed E-state index contributed by atoms with van der Waals surface area (Å²) in [5.41, 5.74) is 2.30. The fourth-order valence-corrected chi connectivity index (χ4v) is 2.11. The predicted molar refractivity (Wildman–Crippen MR) is 79.2 cm³/mol. The first-order valence-electron chi connectivity index (χ1n) is 6.37. The molecule has 2 aromatic rings. The molecule has 1 aromatic heterocycles. The van der Waals surface area contributed by atoms with E-state index in [9.17, 15) is 0 Å². The molecule has 0 bridgehead atoms. The van der Waals surface area contributed by atoms with Crippen molar-refractivity contribution in [1.29, 1.82) is 0 Å². The zero-order valence-electron chi connectivity index (χ0n) is 11.5. The highest BCUT2D eigenvalue weighted by Gasteiger charge is 2.07. The summed E-state index contributed by atoms with van der Waals surface area (Å²) in [6.45, 7) is 6.94. The summed E-state index contributed by atoms with van der Waals surface area (Å²) in [5.74, 6) is 2.19. The lowest BCUT2D eigenvalue weighted by Crippen LogP contribution is -1.99. The summed E-state index contributed by atoms with van der Waals surface area (Å²) in [7, 11) is 0.